The number of imidazole rings is 1. The Morgan fingerprint density at radius 2 is 1.92 bits per heavy atom. The summed E-state index contributed by atoms with van der Waals surface area (Å²) in [6.45, 7) is 5.25. The van der Waals surface area contributed by atoms with E-state index in [4.69, 9.17) is 9.72 Å². The highest BCUT2D eigenvalue weighted by Gasteiger charge is 2.20. The van der Waals surface area contributed by atoms with E-state index in [1.165, 1.54) is 11.1 Å². The van der Waals surface area contributed by atoms with Gasteiger partial charge in [0.05, 0.1) is 31.8 Å². The fraction of sp³-hybridized carbons (Fsp3) is 0.393. The largest absolute Gasteiger partial charge is 0.390 e. The average Bonchev–Trinajstić information content (AvgIpc) is 3.38. The topological polar surface area (TPSA) is 122 Å². The van der Waals surface area contributed by atoms with Crippen molar-refractivity contribution in [3.8, 4) is 11.4 Å². The zero-order valence-corrected chi connectivity index (χ0v) is 21.7. The first kappa shape index (κ1) is 25.4. The van der Waals surface area contributed by atoms with Crippen LogP contribution in [-0.4, -0.2) is 97.4 Å². The predicted octanol–water partition coefficient (Wildman–Crippen LogP) is 1.58. The minimum absolute atomic E-state index is 0.0143. The van der Waals surface area contributed by atoms with E-state index in [0.29, 0.717) is 62.2 Å². The van der Waals surface area contributed by atoms with E-state index in [2.05, 4.69) is 49.4 Å². The monoisotopic (exact) mass is 528 g/mol. The van der Waals surface area contributed by atoms with Gasteiger partial charge in [-0.25, -0.2) is 19.9 Å². The second-order valence-electron chi connectivity index (χ2n) is 9.99. The predicted molar refractivity (Wildman–Crippen MR) is 146 cm³/mol. The molecule has 2 aliphatic heterocycles. The van der Waals surface area contributed by atoms with Crippen LogP contribution >= 0.6 is 0 Å². The minimum Gasteiger partial charge on any atom is -0.390 e. The normalized spacial score (nSPS) is 16.7. The summed E-state index contributed by atoms with van der Waals surface area (Å²) in [4.78, 5) is 34.8. The number of nitrogens with one attached hydrogen (secondary N) is 1. The van der Waals surface area contributed by atoms with Crippen LogP contribution in [0.3, 0.4) is 0 Å². The summed E-state index contributed by atoms with van der Waals surface area (Å²) < 4.78 is 7.10. The van der Waals surface area contributed by atoms with Crippen molar-refractivity contribution in [2.75, 3.05) is 51.3 Å². The van der Waals surface area contributed by atoms with Gasteiger partial charge in [0.2, 0.25) is 5.91 Å². The van der Waals surface area contributed by atoms with Crippen LogP contribution in [0.25, 0.3) is 22.6 Å². The highest BCUT2D eigenvalue weighted by Crippen LogP contribution is 2.21. The van der Waals surface area contributed by atoms with Crippen molar-refractivity contribution in [1.29, 1.82) is 0 Å². The van der Waals surface area contributed by atoms with Crippen molar-refractivity contribution in [2.24, 2.45) is 0 Å². The van der Waals surface area contributed by atoms with E-state index in [9.17, 15) is 9.90 Å². The Kier molecular flexibility index (Phi) is 7.44. The van der Waals surface area contributed by atoms with Crippen LogP contribution in [0.1, 0.15) is 11.1 Å². The number of carbonyl (C=O) groups is 1. The maximum atomic E-state index is 12.8. The van der Waals surface area contributed by atoms with E-state index < -0.39 is 6.10 Å². The second kappa shape index (κ2) is 11.4. The number of pyridine rings is 1. The van der Waals surface area contributed by atoms with E-state index in [1.807, 2.05) is 12.1 Å². The molecular formula is C28H32N8O3. The summed E-state index contributed by atoms with van der Waals surface area (Å²) in [5.74, 6) is 1.16. The Bertz CT molecular complexity index is 1450. The number of aliphatic hydroxyl groups is 1. The first-order valence-corrected chi connectivity index (χ1v) is 13.3. The van der Waals surface area contributed by atoms with Gasteiger partial charge in [0.1, 0.15) is 17.9 Å². The quantitative estimate of drug-likeness (QED) is 0.351. The molecule has 2 aliphatic rings. The molecule has 11 heteroatoms. The molecule has 0 aliphatic carbocycles. The van der Waals surface area contributed by atoms with Crippen molar-refractivity contribution < 1.29 is 14.6 Å². The maximum Gasteiger partial charge on any atom is 0.242 e. The summed E-state index contributed by atoms with van der Waals surface area (Å²) in [7, 11) is 0. The molecule has 0 saturated carbocycles. The van der Waals surface area contributed by atoms with Gasteiger partial charge in [-0.1, -0.05) is 24.3 Å². The number of amides is 1. The molecule has 39 heavy (non-hydrogen) atoms. The third-order valence-electron chi connectivity index (χ3n) is 7.24. The second-order valence-corrected chi connectivity index (χ2v) is 9.99. The van der Waals surface area contributed by atoms with E-state index in [1.54, 1.807) is 28.2 Å². The van der Waals surface area contributed by atoms with Gasteiger partial charge in [0.25, 0.3) is 0 Å². The van der Waals surface area contributed by atoms with Crippen molar-refractivity contribution in [3.05, 3.63) is 66.2 Å². The lowest BCUT2D eigenvalue weighted by Gasteiger charge is -2.30. The zero-order chi connectivity index (χ0) is 26.6. The van der Waals surface area contributed by atoms with Gasteiger partial charge in [-0.15, -0.1) is 0 Å². The number of hydrogen-bond donors (Lipinski definition) is 2. The van der Waals surface area contributed by atoms with Crippen LogP contribution < -0.4 is 5.32 Å². The molecule has 202 valence electrons. The van der Waals surface area contributed by atoms with Crippen LogP contribution in [0, 0.1) is 0 Å². The molecular weight excluding hydrogens is 496 g/mol. The van der Waals surface area contributed by atoms with Crippen molar-refractivity contribution in [2.45, 2.75) is 25.6 Å². The lowest BCUT2D eigenvalue weighted by molar-refractivity contribution is -0.135. The maximum absolute atomic E-state index is 12.8. The Labute approximate surface area is 226 Å². The Morgan fingerprint density at radius 1 is 1.08 bits per heavy atom. The van der Waals surface area contributed by atoms with E-state index in [0.717, 1.165) is 25.1 Å². The van der Waals surface area contributed by atoms with Crippen LogP contribution in [0.5, 0.6) is 0 Å². The lowest BCUT2D eigenvalue weighted by Crippen LogP contribution is -2.42. The summed E-state index contributed by atoms with van der Waals surface area (Å²) >= 11 is 0. The number of aromatic nitrogens is 5. The molecule has 1 fully saturated rings. The van der Waals surface area contributed by atoms with Gasteiger partial charge in [0, 0.05) is 51.0 Å². The number of fused-ring (bicyclic) bond motifs is 2. The molecule has 1 atom stereocenters. The molecule has 3 aromatic heterocycles. The van der Waals surface area contributed by atoms with Crippen molar-refractivity contribution in [3.63, 3.8) is 0 Å². The number of benzene rings is 1. The van der Waals surface area contributed by atoms with Crippen molar-refractivity contribution >= 4 is 22.9 Å². The summed E-state index contributed by atoms with van der Waals surface area (Å²) in [5, 5.41) is 13.9. The van der Waals surface area contributed by atoms with E-state index >= 15 is 0 Å². The van der Waals surface area contributed by atoms with Gasteiger partial charge in [0.15, 0.2) is 11.5 Å². The van der Waals surface area contributed by atoms with Gasteiger partial charge in [-0.05, 0) is 29.7 Å². The van der Waals surface area contributed by atoms with E-state index in [-0.39, 0.29) is 12.5 Å². The number of morpholine rings is 1. The lowest BCUT2D eigenvalue weighted by atomic mass is 10.00. The molecule has 0 radical (unpaired) electrons. The SMILES string of the molecule is O=C(Cn1cnc2cnc(-c3ccnc(NCC(O)CN4CCc5ccccc5C4)c3)nc21)N1CCOCC1. The number of carbonyl (C=O) groups excluding carboxylic acids is 1. The van der Waals surface area contributed by atoms with Crippen LogP contribution in [0.4, 0.5) is 5.82 Å². The van der Waals surface area contributed by atoms with Crippen LogP contribution in [0.2, 0.25) is 0 Å². The average molecular weight is 529 g/mol. The van der Waals surface area contributed by atoms with Crippen LogP contribution in [0.15, 0.2) is 55.1 Å². The van der Waals surface area contributed by atoms with Gasteiger partial charge < -0.3 is 24.6 Å². The first-order chi connectivity index (χ1) is 19.1. The number of nitrogens with zero attached hydrogens (tertiary/aromatic N) is 7. The number of hydrogen-bond acceptors (Lipinski definition) is 9. The fourth-order valence-corrected chi connectivity index (χ4v) is 5.13. The third-order valence-corrected chi connectivity index (χ3v) is 7.24. The molecule has 0 spiro atoms. The van der Waals surface area contributed by atoms with Gasteiger partial charge in [-0.3, -0.25) is 9.69 Å². The number of ether oxygens (including phenoxy) is 1. The summed E-state index contributed by atoms with van der Waals surface area (Å²) in [5.41, 5.74) is 4.75. The molecule has 1 unspecified atom stereocenters. The highest BCUT2D eigenvalue weighted by atomic mass is 16.5. The van der Waals surface area contributed by atoms with Crippen LogP contribution in [-0.2, 0) is 29.0 Å². The molecule has 1 amide bonds. The fourth-order valence-electron chi connectivity index (χ4n) is 5.13. The minimum atomic E-state index is -0.535. The Balaban J connectivity index is 1.09. The summed E-state index contributed by atoms with van der Waals surface area (Å²) in [6.07, 6.45) is 5.46. The molecule has 2 N–H and O–H groups in total. The molecule has 1 aromatic carbocycles. The molecule has 4 aromatic rings. The standard InChI is InChI=1S/C28H32N8O3/c37-23(17-34-8-6-20-3-1-2-4-22(20)16-34)14-30-25-13-21(5-7-29-25)27-31-15-24-28(33-27)36(19-32-24)18-26(38)35-9-11-39-12-10-35/h1-5,7,13,15,19,23,37H,6,8-12,14,16-18H2,(H,29,30). The highest BCUT2D eigenvalue weighted by molar-refractivity contribution is 5.79. The van der Waals surface area contributed by atoms with Crippen molar-refractivity contribution in [1.82, 2.24) is 34.3 Å². The Morgan fingerprint density at radius 3 is 2.79 bits per heavy atom. The number of β-amino-alcohol motifs (C(OH)–C–C–N with tert-alkyl or cyclic N) is 1. The molecule has 11 nitrogen and oxygen atoms in total. The van der Waals surface area contributed by atoms with Gasteiger partial charge in [-0.2, -0.15) is 0 Å². The van der Waals surface area contributed by atoms with Gasteiger partial charge >= 0.3 is 0 Å². The molecule has 6 rings (SSSR count). The first-order valence-electron chi connectivity index (χ1n) is 13.3. The molecule has 0 bridgehead atoms. The molecule has 5 heterocycles. The molecule has 1 saturated heterocycles. The smallest absolute Gasteiger partial charge is 0.242 e. The third kappa shape index (κ3) is 5.90. The Hall–Kier alpha value is -3.93. The number of aliphatic hydroxyl groups excluding tert-OH is 1. The zero-order valence-electron chi connectivity index (χ0n) is 21.7. The summed E-state index contributed by atoms with van der Waals surface area (Å²) in [6, 6.07) is 12.2. The number of anilines is 1. The number of rotatable bonds is 8.